The van der Waals surface area contributed by atoms with Crippen molar-refractivity contribution in [2.75, 3.05) is 13.7 Å². The molecular formula is C28H26N4O2. The van der Waals surface area contributed by atoms with Gasteiger partial charge < -0.3 is 14.2 Å². The van der Waals surface area contributed by atoms with Gasteiger partial charge in [-0.05, 0) is 53.6 Å². The lowest BCUT2D eigenvalue weighted by atomic mass is 10.1. The number of hydrogen-bond acceptors (Lipinski definition) is 4. The Morgan fingerprint density at radius 1 is 0.941 bits per heavy atom. The summed E-state index contributed by atoms with van der Waals surface area (Å²) in [4.78, 5) is 23.4. The van der Waals surface area contributed by atoms with E-state index in [9.17, 15) is 4.79 Å². The number of para-hydroxylation sites is 2. The molecule has 0 radical (unpaired) electrons. The van der Waals surface area contributed by atoms with Gasteiger partial charge >= 0.3 is 0 Å². The van der Waals surface area contributed by atoms with E-state index in [4.69, 9.17) is 9.72 Å². The zero-order chi connectivity index (χ0) is 23.3. The highest BCUT2D eigenvalue weighted by atomic mass is 16.5. The summed E-state index contributed by atoms with van der Waals surface area (Å²) in [5.74, 6) is 1.59. The molecule has 0 N–H and O–H groups in total. The van der Waals surface area contributed by atoms with Crippen LogP contribution in [-0.4, -0.2) is 39.0 Å². The van der Waals surface area contributed by atoms with Crippen LogP contribution in [0.25, 0.3) is 21.8 Å². The molecule has 0 atom stereocenters. The van der Waals surface area contributed by atoms with E-state index in [0.717, 1.165) is 35.6 Å². The third-order valence-corrected chi connectivity index (χ3v) is 5.86. The molecule has 0 spiro atoms. The Labute approximate surface area is 198 Å². The molecule has 0 unspecified atom stereocenters. The van der Waals surface area contributed by atoms with Gasteiger partial charge in [-0.2, -0.15) is 0 Å². The van der Waals surface area contributed by atoms with Crippen LogP contribution in [0.4, 0.5) is 0 Å². The van der Waals surface area contributed by atoms with Crippen LogP contribution in [0.15, 0.2) is 91.1 Å². The first-order valence-electron chi connectivity index (χ1n) is 11.4. The highest BCUT2D eigenvalue weighted by molar-refractivity contribution is 5.92. The second kappa shape index (κ2) is 9.75. The maximum atomic E-state index is 12.8. The second-order valence-electron chi connectivity index (χ2n) is 8.26. The number of nitrogens with zero attached hydrogens (tertiary/aromatic N) is 4. The average Bonchev–Trinajstić information content (AvgIpc) is 3.23. The molecule has 0 fully saturated rings. The number of ether oxygens (including phenoxy) is 1. The smallest absolute Gasteiger partial charge is 0.272 e. The van der Waals surface area contributed by atoms with E-state index in [1.807, 2.05) is 42.5 Å². The Hall–Kier alpha value is -4.19. The molecule has 170 valence electrons. The van der Waals surface area contributed by atoms with Crippen molar-refractivity contribution in [2.45, 2.75) is 19.5 Å². The summed E-state index contributed by atoms with van der Waals surface area (Å²) in [6.07, 6.45) is 2.45. The van der Waals surface area contributed by atoms with Gasteiger partial charge in [-0.25, -0.2) is 4.98 Å². The van der Waals surface area contributed by atoms with Crippen molar-refractivity contribution in [2.24, 2.45) is 0 Å². The molecule has 34 heavy (non-hydrogen) atoms. The summed E-state index contributed by atoms with van der Waals surface area (Å²) in [5, 5.41) is 2.37. The van der Waals surface area contributed by atoms with Crippen LogP contribution in [0.2, 0.25) is 0 Å². The van der Waals surface area contributed by atoms with Crippen molar-refractivity contribution in [1.29, 1.82) is 0 Å². The molecule has 5 rings (SSSR count). The number of fused-ring (bicyclic) bond motifs is 2. The van der Waals surface area contributed by atoms with E-state index in [0.29, 0.717) is 18.8 Å². The molecule has 1 amide bonds. The number of imidazole rings is 1. The first-order chi connectivity index (χ1) is 16.7. The van der Waals surface area contributed by atoms with Gasteiger partial charge in [0.25, 0.3) is 5.91 Å². The van der Waals surface area contributed by atoms with E-state index in [1.54, 1.807) is 30.3 Å². The largest absolute Gasteiger partial charge is 0.494 e. The minimum Gasteiger partial charge on any atom is -0.494 e. The number of benzene rings is 3. The van der Waals surface area contributed by atoms with Crippen molar-refractivity contribution in [3.05, 3.63) is 103 Å². The van der Waals surface area contributed by atoms with Gasteiger partial charge in [0.1, 0.15) is 17.3 Å². The van der Waals surface area contributed by atoms with Gasteiger partial charge in [0.05, 0.1) is 24.2 Å². The molecule has 0 aliphatic carbocycles. The summed E-state index contributed by atoms with van der Waals surface area (Å²) >= 11 is 0. The molecule has 6 heteroatoms. The lowest BCUT2D eigenvalue weighted by Crippen LogP contribution is -2.28. The van der Waals surface area contributed by atoms with Gasteiger partial charge in [-0.15, -0.1) is 0 Å². The van der Waals surface area contributed by atoms with Crippen molar-refractivity contribution in [3.8, 4) is 5.75 Å². The lowest BCUT2D eigenvalue weighted by molar-refractivity contribution is 0.0774. The summed E-state index contributed by atoms with van der Waals surface area (Å²) in [7, 11) is 1.78. The molecule has 0 saturated carbocycles. The zero-order valence-corrected chi connectivity index (χ0v) is 19.1. The van der Waals surface area contributed by atoms with Crippen molar-refractivity contribution >= 4 is 27.7 Å². The van der Waals surface area contributed by atoms with Crippen molar-refractivity contribution in [1.82, 2.24) is 19.4 Å². The monoisotopic (exact) mass is 450 g/mol. The minimum absolute atomic E-state index is 0.126. The fourth-order valence-electron chi connectivity index (χ4n) is 4.13. The Balaban J connectivity index is 1.28. The van der Waals surface area contributed by atoms with Crippen LogP contribution in [0.1, 0.15) is 22.7 Å². The molecule has 5 aromatic rings. The molecule has 2 aromatic heterocycles. The first kappa shape index (κ1) is 21.6. The molecule has 3 aromatic carbocycles. The molecule has 6 nitrogen and oxygen atoms in total. The van der Waals surface area contributed by atoms with Gasteiger partial charge in [-0.3, -0.25) is 9.78 Å². The van der Waals surface area contributed by atoms with Crippen LogP contribution in [0.3, 0.4) is 0 Å². The number of aromatic nitrogens is 3. The van der Waals surface area contributed by atoms with E-state index in [2.05, 4.69) is 39.9 Å². The van der Waals surface area contributed by atoms with Gasteiger partial charge in [0.15, 0.2) is 0 Å². The second-order valence-corrected chi connectivity index (χ2v) is 8.26. The molecular weight excluding hydrogens is 424 g/mol. The van der Waals surface area contributed by atoms with E-state index >= 15 is 0 Å². The van der Waals surface area contributed by atoms with Crippen LogP contribution in [-0.2, 0) is 13.1 Å². The number of rotatable bonds is 8. The summed E-state index contributed by atoms with van der Waals surface area (Å²) in [6, 6.07) is 27.8. The van der Waals surface area contributed by atoms with Gasteiger partial charge in [0.2, 0.25) is 0 Å². The van der Waals surface area contributed by atoms with Crippen LogP contribution in [0, 0.1) is 0 Å². The lowest BCUT2D eigenvalue weighted by Gasteiger charge is -2.18. The molecule has 0 aliphatic rings. The average molecular weight is 451 g/mol. The first-order valence-corrected chi connectivity index (χ1v) is 11.4. The molecule has 0 aliphatic heterocycles. The predicted molar refractivity (Wildman–Crippen MR) is 134 cm³/mol. The van der Waals surface area contributed by atoms with E-state index in [-0.39, 0.29) is 5.91 Å². The summed E-state index contributed by atoms with van der Waals surface area (Å²) < 4.78 is 8.22. The molecule has 0 saturated heterocycles. The van der Waals surface area contributed by atoms with Crippen LogP contribution in [0.5, 0.6) is 5.75 Å². The maximum absolute atomic E-state index is 12.8. The Morgan fingerprint density at radius 2 is 1.74 bits per heavy atom. The number of pyridine rings is 1. The van der Waals surface area contributed by atoms with Gasteiger partial charge in [0, 0.05) is 19.8 Å². The zero-order valence-electron chi connectivity index (χ0n) is 19.1. The third kappa shape index (κ3) is 4.62. The fraction of sp³-hybridized carbons (Fsp3) is 0.179. The molecule has 2 heterocycles. The van der Waals surface area contributed by atoms with Crippen LogP contribution < -0.4 is 4.74 Å². The standard InChI is InChI=1S/C28H26N4O2/c1-31(28(33)25-12-6-7-16-29-25)20-27-30-24-11-4-5-13-26(24)32(27)17-8-18-34-23-15-14-21-9-2-3-10-22(21)19-23/h2-7,9-16,19H,8,17-18,20H2,1H3. The Kier molecular flexibility index (Phi) is 6.21. The maximum Gasteiger partial charge on any atom is 0.272 e. The Bertz CT molecular complexity index is 1430. The fourth-order valence-corrected chi connectivity index (χ4v) is 4.13. The number of hydrogen-bond donors (Lipinski definition) is 0. The van der Waals surface area contributed by atoms with Crippen molar-refractivity contribution < 1.29 is 9.53 Å². The highest BCUT2D eigenvalue weighted by Gasteiger charge is 2.17. The number of carbonyl (C=O) groups is 1. The SMILES string of the molecule is CN(Cc1nc2ccccc2n1CCCOc1ccc2ccccc2c1)C(=O)c1ccccn1. The minimum atomic E-state index is -0.126. The van der Waals surface area contributed by atoms with Crippen LogP contribution >= 0.6 is 0 Å². The quantitative estimate of drug-likeness (QED) is 0.300. The predicted octanol–water partition coefficient (Wildman–Crippen LogP) is 5.33. The Morgan fingerprint density at radius 3 is 2.59 bits per heavy atom. The van der Waals surface area contributed by atoms with Crippen molar-refractivity contribution in [3.63, 3.8) is 0 Å². The normalized spacial score (nSPS) is 11.1. The summed E-state index contributed by atoms with van der Waals surface area (Å²) in [5.41, 5.74) is 2.41. The number of aryl methyl sites for hydroxylation is 1. The molecule has 0 bridgehead atoms. The van der Waals surface area contributed by atoms with E-state index in [1.165, 1.54) is 10.8 Å². The third-order valence-electron chi connectivity index (χ3n) is 5.86. The number of carbonyl (C=O) groups excluding carboxylic acids is 1. The summed E-state index contributed by atoms with van der Waals surface area (Å²) in [6.45, 7) is 1.73. The number of amides is 1. The van der Waals surface area contributed by atoms with Gasteiger partial charge in [-0.1, -0.05) is 48.5 Å². The van der Waals surface area contributed by atoms with E-state index < -0.39 is 0 Å². The topological polar surface area (TPSA) is 60.2 Å². The highest BCUT2D eigenvalue weighted by Crippen LogP contribution is 2.21.